The van der Waals surface area contributed by atoms with Gasteiger partial charge in [0, 0.05) is 16.8 Å². The van der Waals surface area contributed by atoms with Crippen LogP contribution in [0.15, 0.2) is 60.9 Å². The van der Waals surface area contributed by atoms with Crippen molar-refractivity contribution in [3.8, 4) is 0 Å². The molecule has 0 fully saturated rings. The first-order valence-corrected chi connectivity index (χ1v) is 7.32. The van der Waals surface area contributed by atoms with Crippen LogP contribution in [0.2, 0.25) is 5.02 Å². The first-order chi connectivity index (χ1) is 11.1. The number of nitrogens with one attached hydrogen (secondary N) is 1. The lowest BCUT2D eigenvalue weighted by molar-refractivity contribution is 0.102. The van der Waals surface area contributed by atoms with E-state index in [0.717, 1.165) is 5.56 Å². The molecule has 0 aliphatic carbocycles. The largest absolute Gasteiger partial charge is 0.319 e. The van der Waals surface area contributed by atoms with Crippen LogP contribution in [0, 0.1) is 5.82 Å². The summed E-state index contributed by atoms with van der Waals surface area (Å²) in [5, 5.41) is 7.41. The van der Waals surface area contributed by atoms with E-state index >= 15 is 0 Å². The number of benzene rings is 2. The van der Waals surface area contributed by atoms with Crippen molar-refractivity contribution in [1.29, 1.82) is 0 Å². The summed E-state index contributed by atoms with van der Waals surface area (Å²) in [4.78, 5) is 12.1. The van der Waals surface area contributed by atoms with Crippen molar-refractivity contribution in [3.63, 3.8) is 0 Å². The molecule has 0 saturated carbocycles. The van der Waals surface area contributed by atoms with Crippen LogP contribution in [0.1, 0.15) is 15.9 Å². The van der Waals surface area contributed by atoms with Crippen molar-refractivity contribution in [2.24, 2.45) is 0 Å². The van der Waals surface area contributed by atoms with Crippen molar-refractivity contribution in [2.45, 2.75) is 6.54 Å². The zero-order valence-electron chi connectivity index (χ0n) is 12.0. The van der Waals surface area contributed by atoms with E-state index in [1.165, 1.54) is 12.1 Å². The summed E-state index contributed by atoms with van der Waals surface area (Å²) in [5.74, 6) is -0.554. The van der Waals surface area contributed by atoms with Gasteiger partial charge in [0.05, 0.1) is 18.4 Å². The van der Waals surface area contributed by atoms with Crippen LogP contribution in [0.5, 0.6) is 0 Å². The van der Waals surface area contributed by atoms with Crippen LogP contribution in [0.25, 0.3) is 0 Å². The first kappa shape index (κ1) is 15.2. The van der Waals surface area contributed by atoms with E-state index in [4.69, 9.17) is 11.6 Å². The summed E-state index contributed by atoms with van der Waals surface area (Å²) in [7, 11) is 0. The minimum absolute atomic E-state index is 0.266. The van der Waals surface area contributed by atoms with E-state index in [0.29, 0.717) is 22.8 Å². The fourth-order valence-corrected chi connectivity index (χ4v) is 2.36. The monoisotopic (exact) mass is 329 g/mol. The lowest BCUT2D eigenvalue weighted by Crippen LogP contribution is -2.11. The van der Waals surface area contributed by atoms with E-state index in [1.807, 2.05) is 6.07 Å². The van der Waals surface area contributed by atoms with Crippen LogP contribution in [0.4, 0.5) is 10.1 Å². The molecule has 0 radical (unpaired) electrons. The van der Waals surface area contributed by atoms with Gasteiger partial charge in [0.25, 0.3) is 5.91 Å². The number of anilines is 1. The summed E-state index contributed by atoms with van der Waals surface area (Å²) in [6, 6.07) is 13.0. The van der Waals surface area contributed by atoms with Gasteiger partial charge in [-0.1, -0.05) is 29.8 Å². The number of amides is 1. The van der Waals surface area contributed by atoms with Gasteiger partial charge in [-0.3, -0.25) is 9.48 Å². The molecule has 23 heavy (non-hydrogen) atoms. The summed E-state index contributed by atoms with van der Waals surface area (Å²) >= 11 is 5.87. The maximum Gasteiger partial charge on any atom is 0.255 e. The minimum atomic E-state index is -0.288. The molecular formula is C17H13ClFN3O. The molecule has 0 atom stereocenters. The van der Waals surface area contributed by atoms with Gasteiger partial charge in [-0.25, -0.2) is 4.39 Å². The lowest BCUT2D eigenvalue weighted by atomic mass is 10.2. The predicted molar refractivity (Wildman–Crippen MR) is 87.1 cm³/mol. The highest BCUT2D eigenvalue weighted by Gasteiger charge is 2.08. The number of halogens is 2. The van der Waals surface area contributed by atoms with Gasteiger partial charge in [-0.2, -0.15) is 5.10 Å². The topological polar surface area (TPSA) is 46.9 Å². The molecule has 6 heteroatoms. The third kappa shape index (κ3) is 3.96. The van der Waals surface area contributed by atoms with Crippen LogP contribution >= 0.6 is 11.6 Å². The molecule has 2 aromatic carbocycles. The highest BCUT2D eigenvalue weighted by molar-refractivity contribution is 6.31. The Morgan fingerprint density at radius 3 is 2.83 bits per heavy atom. The lowest BCUT2D eigenvalue weighted by Gasteiger charge is -2.03. The summed E-state index contributed by atoms with van der Waals surface area (Å²) in [5.41, 5.74) is 1.82. The van der Waals surface area contributed by atoms with Gasteiger partial charge in [0.1, 0.15) is 5.82 Å². The molecular weight excluding hydrogens is 317 g/mol. The zero-order chi connectivity index (χ0) is 16.2. The number of hydrogen-bond donors (Lipinski definition) is 1. The second-order valence-electron chi connectivity index (χ2n) is 5.02. The average Bonchev–Trinajstić information content (AvgIpc) is 2.94. The summed E-state index contributed by atoms with van der Waals surface area (Å²) < 4.78 is 14.8. The van der Waals surface area contributed by atoms with E-state index < -0.39 is 0 Å². The molecule has 1 N–H and O–H groups in total. The van der Waals surface area contributed by atoms with Crippen LogP contribution in [-0.2, 0) is 6.54 Å². The quantitative estimate of drug-likeness (QED) is 0.787. The Hall–Kier alpha value is -2.66. The maximum absolute atomic E-state index is 13.2. The predicted octanol–water partition coefficient (Wildman–Crippen LogP) is 3.98. The van der Waals surface area contributed by atoms with Gasteiger partial charge < -0.3 is 5.32 Å². The third-order valence-electron chi connectivity index (χ3n) is 3.21. The van der Waals surface area contributed by atoms with E-state index in [1.54, 1.807) is 47.4 Å². The Kier molecular flexibility index (Phi) is 4.39. The molecule has 1 aromatic heterocycles. The average molecular weight is 330 g/mol. The number of carbonyl (C=O) groups is 1. The summed E-state index contributed by atoms with van der Waals surface area (Å²) in [6.07, 6.45) is 3.23. The SMILES string of the molecule is O=C(Nc1cnn(Cc2cccc(F)c2)c1)c1cccc(Cl)c1. The van der Waals surface area contributed by atoms with Gasteiger partial charge in [-0.15, -0.1) is 0 Å². The number of hydrogen-bond acceptors (Lipinski definition) is 2. The molecule has 1 amide bonds. The number of aromatic nitrogens is 2. The van der Waals surface area contributed by atoms with Crippen molar-refractivity contribution < 1.29 is 9.18 Å². The Balaban J connectivity index is 1.68. The standard InChI is InChI=1S/C17H13ClFN3O/c18-14-5-2-4-13(8-14)17(23)21-16-9-20-22(11-16)10-12-3-1-6-15(19)7-12/h1-9,11H,10H2,(H,21,23). The number of rotatable bonds is 4. The molecule has 4 nitrogen and oxygen atoms in total. The van der Waals surface area contributed by atoms with Gasteiger partial charge in [0.15, 0.2) is 0 Å². The molecule has 1 heterocycles. The summed E-state index contributed by atoms with van der Waals surface area (Å²) in [6.45, 7) is 0.421. The Labute approximate surface area is 137 Å². The number of carbonyl (C=O) groups excluding carboxylic acids is 1. The molecule has 0 unspecified atom stereocenters. The zero-order valence-corrected chi connectivity index (χ0v) is 12.8. The van der Waals surface area contributed by atoms with Crippen LogP contribution in [0.3, 0.4) is 0 Å². The molecule has 3 aromatic rings. The second kappa shape index (κ2) is 6.62. The highest BCUT2D eigenvalue weighted by atomic mass is 35.5. The smallest absolute Gasteiger partial charge is 0.255 e. The van der Waals surface area contributed by atoms with Crippen molar-refractivity contribution in [1.82, 2.24) is 9.78 Å². The van der Waals surface area contributed by atoms with Gasteiger partial charge in [0.2, 0.25) is 0 Å². The minimum Gasteiger partial charge on any atom is -0.319 e. The van der Waals surface area contributed by atoms with Crippen molar-refractivity contribution in [3.05, 3.63) is 82.9 Å². The van der Waals surface area contributed by atoms with Crippen molar-refractivity contribution >= 4 is 23.2 Å². The van der Waals surface area contributed by atoms with E-state index in [-0.39, 0.29) is 11.7 Å². The Morgan fingerprint density at radius 1 is 1.22 bits per heavy atom. The van der Waals surface area contributed by atoms with E-state index in [2.05, 4.69) is 10.4 Å². The Bertz CT molecular complexity index is 847. The third-order valence-corrected chi connectivity index (χ3v) is 3.45. The molecule has 3 rings (SSSR count). The molecule has 0 spiro atoms. The molecule has 116 valence electrons. The van der Waals surface area contributed by atoms with E-state index in [9.17, 15) is 9.18 Å². The molecule has 0 aliphatic rings. The molecule has 0 saturated heterocycles. The fraction of sp³-hybridized carbons (Fsp3) is 0.0588. The molecule has 0 aliphatic heterocycles. The maximum atomic E-state index is 13.2. The highest BCUT2D eigenvalue weighted by Crippen LogP contribution is 2.14. The van der Waals surface area contributed by atoms with Gasteiger partial charge >= 0.3 is 0 Å². The van der Waals surface area contributed by atoms with Crippen molar-refractivity contribution in [2.75, 3.05) is 5.32 Å². The van der Waals surface area contributed by atoms with Crippen LogP contribution in [-0.4, -0.2) is 15.7 Å². The second-order valence-corrected chi connectivity index (χ2v) is 5.46. The Morgan fingerprint density at radius 2 is 2.04 bits per heavy atom. The number of nitrogens with zero attached hydrogens (tertiary/aromatic N) is 2. The first-order valence-electron chi connectivity index (χ1n) is 6.94. The van der Waals surface area contributed by atoms with Gasteiger partial charge in [-0.05, 0) is 35.9 Å². The fourth-order valence-electron chi connectivity index (χ4n) is 2.17. The van der Waals surface area contributed by atoms with Crippen LogP contribution < -0.4 is 5.32 Å². The normalized spacial score (nSPS) is 10.5. The molecule has 0 bridgehead atoms.